The number of nitrogens with two attached hydrogens (primary N) is 1. The molecule has 2 heterocycles. The van der Waals surface area contributed by atoms with Crippen LogP contribution in [0.1, 0.15) is 25.4 Å². The molecule has 7 heteroatoms. The van der Waals surface area contributed by atoms with Crippen molar-refractivity contribution in [1.82, 2.24) is 14.9 Å². The zero-order chi connectivity index (χ0) is 15.4. The van der Waals surface area contributed by atoms with E-state index in [1.807, 2.05) is 13.8 Å². The van der Waals surface area contributed by atoms with Crippen molar-refractivity contribution in [1.29, 1.82) is 0 Å². The second-order valence-corrected chi connectivity index (χ2v) is 5.34. The molecule has 1 atom stereocenters. The second-order valence-electron chi connectivity index (χ2n) is 5.34. The van der Waals surface area contributed by atoms with Gasteiger partial charge >= 0.3 is 0 Å². The quantitative estimate of drug-likeness (QED) is 0.365. The van der Waals surface area contributed by atoms with Crippen LogP contribution in [0.15, 0.2) is 11.2 Å². The van der Waals surface area contributed by atoms with E-state index in [1.54, 1.807) is 0 Å². The molecule has 21 heavy (non-hydrogen) atoms. The largest absolute Gasteiger partial charge is 0.409 e. The Balaban J connectivity index is 2.02. The fourth-order valence-corrected chi connectivity index (χ4v) is 2.56. The van der Waals surface area contributed by atoms with Crippen molar-refractivity contribution in [2.45, 2.75) is 33.2 Å². The summed E-state index contributed by atoms with van der Waals surface area (Å²) in [6.45, 7) is 9.46. The third-order valence-electron chi connectivity index (χ3n) is 3.97. The number of piperazine rings is 1. The molecule has 0 amide bonds. The first-order valence-electron chi connectivity index (χ1n) is 7.36. The summed E-state index contributed by atoms with van der Waals surface area (Å²) in [4.78, 5) is 13.4. The minimum atomic E-state index is -0.0458. The number of hydrogen-bond donors (Lipinski definition) is 2. The molecule has 0 saturated carbocycles. The first-order valence-corrected chi connectivity index (χ1v) is 7.36. The molecule has 1 aromatic rings. The molecule has 3 N–H and O–H groups in total. The van der Waals surface area contributed by atoms with Gasteiger partial charge in [-0.25, -0.2) is 9.97 Å². The normalized spacial score (nSPS) is 18.8. The zero-order valence-corrected chi connectivity index (χ0v) is 13.0. The summed E-state index contributed by atoms with van der Waals surface area (Å²) in [5, 5.41) is 11.9. The van der Waals surface area contributed by atoms with Gasteiger partial charge in [-0.05, 0) is 20.3 Å². The van der Waals surface area contributed by atoms with Gasteiger partial charge in [0.1, 0.15) is 11.6 Å². The van der Waals surface area contributed by atoms with Gasteiger partial charge in [0, 0.05) is 37.9 Å². The standard InChI is InChI=1S/C14H24N6O/c1-4-12-9-13(17-11(3)16-12)20-7-5-19(6-8-20)10(2)14(15)18-21/h9-10,21H,4-8H2,1-3H3,(H2,15,18). The molecular weight excluding hydrogens is 268 g/mol. The van der Waals surface area contributed by atoms with Crippen LogP contribution in [-0.4, -0.2) is 58.1 Å². The Kier molecular flexibility index (Phi) is 4.95. The highest BCUT2D eigenvalue weighted by atomic mass is 16.4. The molecule has 1 aliphatic heterocycles. The van der Waals surface area contributed by atoms with E-state index in [9.17, 15) is 0 Å². The first kappa shape index (κ1) is 15.5. The average Bonchev–Trinajstić information content (AvgIpc) is 2.52. The van der Waals surface area contributed by atoms with Crippen molar-refractivity contribution in [3.05, 3.63) is 17.6 Å². The highest BCUT2D eigenvalue weighted by Gasteiger charge is 2.24. The summed E-state index contributed by atoms with van der Waals surface area (Å²) in [6.07, 6.45) is 0.914. The number of aromatic nitrogens is 2. The highest BCUT2D eigenvalue weighted by Crippen LogP contribution is 2.16. The van der Waals surface area contributed by atoms with Crippen molar-refractivity contribution in [3.8, 4) is 0 Å². The van der Waals surface area contributed by atoms with Crippen LogP contribution in [0.5, 0.6) is 0 Å². The van der Waals surface area contributed by atoms with Crippen LogP contribution < -0.4 is 10.6 Å². The number of oxime groups is 1. The molecule has 0 bridgehead atoms. The molecule has 0 aliphatic carbocycles. The Bertz CT molecular complexity index is 510. The van der Waals surface area contributed by atoms with E-state index >= 15 is 0 Å². The number of nitrogens with zero attached hydrogens (tertiary/aromatic N) is 5. The SMILES string of the molecule is CCc1cc(N2CCN(C(C)C(N)=NO)CC2)nc(C)n1. The van der Waals surface area contributed by atoms with Crippen LogP contribution in [0.4, 0.5) is 5.82 Å². The molecule has 1 aliphatic rings. The van der Waals surface area contributed by atoms with E-state index in [0.717, 1.165) is 49.9 Å². The summed E-state index contributed by atoms with van der Waals surface area (Å²) >= 11 is 0. The number of hydrogen-bond acceptors (Lipinski definition) is 6. The second kappa shape index (κ2) is 6.71. The van der Waals surface area contributed by atoms with Gasteiger partial charge in [-0.1, -0.05) is 12.1 Å². The third kappa shape index (κ3) is 3.60. The predicted octanol–water partition coefficient (Wildman–Crippen LogP) is 0.604. The van der Waals surface area contributed by atoms with Crippen molar-refractivity contribution in [2.24, 2.45) is 10.9 Å². The molecule has 2 rings (SSSR count). The van der Waals surface area contributed by atoms with Gasteiger partial charge in [0.2, 0.25) is 0 Å². The van der Waals surface area contributed by atoms with Crippen LogP contribution in [0.2, 0.25) is 0 Å². The lowest BCUT2D eigenvalue weighted by molar-refractivity contribution is 0.229. The number of aryl methyl sites for hydroxylation is 2. The summed E-state index contributed by atoms with van der Waals surface area (Å²) in [5.74, 6) is 2.07. The monoisotopic (exact) mass is 292 g/mol. The van der Waals surface area contributed by atoms with Crippen LogP contribution in [-0.2, 0) is 6.42 Å². The molecule has 0 radical (unpaired) electrons. The van der Waals surface area contributed by atoms with Crippen molar-refractivity contribution >= 4 is 11.7 Å². The molecule has 116 valence electrons. The summed E-state index contributed by atoms with van der Waals surface area (Å²) in [7, 11) is 0. The third-order valence-corrected chi connectivity index (χ3v) is 3.97. The van der Waals surface area contributed by atoms with E-state index in [4.69, 9.17) is 10.9 Å². The molecule has 7 nitrogen and oxygen atoms in total. The molecule has 0 aromatic carbocycles. The molecule has 0 spiro atoms. The van der Waals surface area contributed by atoms with Gasteiger partial charge in [0.25, 0.3) is 0 Å². The summed E-state index contributed by atoms with van der Waals surface area (Å²) in [6, 6.07) is 2.02. The van der Waals surface area contributed by atoms with E-state index in [0.29, 0.717) is 0 Å². The van der Waals surface area contributed by atoms with Crippen LogP contribution in [0, 0.1) is 6.92 Å². The predicted molar refractivity (Wildman–Crippen MR) is 82.8 cm³/mol. The van der Waals surface area contributed by atoms with Gasteiger partial charge in [0.15, 0.2) is 5.84 Å². The van der Waals surface area contributed by atoms with Gasteiger partial charge < -0.3 is 15.8 Å². The van der Waals surface area contributed by atoms with E-state index in [1.165, 1.54) is 0 Å². The van der Waals surface area contributed by atoms with Gasteiger partial charge in [0.05, 0.1) is 6.04 Å². The smallest absolute Gasteiger partial charge is 0.156 e. The van der Waals surface area contributed by atoms with Gasteiger partial charge in [-0.2, -0.15) is 0 Å². The Hall–Kier alpha value is -1.89. The Labute approximate surface area is 125 Å². The van der Waals surface area contributed by atoms with E-state index in [2.05, 4.69) is 37.9 Å². The molecule has 1 saturated heterocycles. The lowest BCUT2D eigenvalue weighted by Gasteiger charge is -2.38. The molecule has 1 fully saturated rings. The van der Waals surface area contributed by atoms with Crippen LogP contribution in [0.25, 0.3) is 0 Å². The lowest BCUT2D eigenvalue weighted by atomic mass is 10.2. The van der Waals surface area contributed by atoms with Gasteiger partial charge in [-0.15, -0.1) is 0 Å². The van der Waals surface area contributed by atoms with Crippen molar-refractivity contribution in [3.63, 3.8) is 0 Å². The minimum Gasteiger partial charge on any atom is -0.409 e. The summed E-state index contributed by atoms with van der Waals surface area (Å²) < 4.78 is 0. The lowest BCUT2D eigenvalue weighted by Crippen LogP contribution is -2.53. The molecular formula is C14H24N6O. The van der Waals surface area contributed by atoms with Gasteiger partial charge in [-0.3, -0.25) is 4.90 Å². The Morgan fingerprint density at radius 2 is 2.05 bits per heavy atom. The minimum absolute atomic E-state index is 0.0458. The molecule has 1 unspecified atom stereocenters. The van der Waals surface area contributed by atoms with E-state index in [-0.39, 0.29) is 11.9 Å². The Morgan fingerprint density at radius 3 is 2.62 bits per heavy atom. The topological polar surface area (TPSA) is 90.9 Å². The zero-order valence-electron chi connectivity index (χ0n) is 13.0. The fraction of sp³-hybridized carbons (Fsp3) is 0.643. The maximum atomic E-state index is 8.76. The number of rotatable bonds is 4. The number of anilines is 1. The fourth-order valence-electron chi connectivity index (χ4n) is 2.56. The first-order chi connectivity index (χ1) is 10.0. The van der Waals surface area contributed by atoms with Crippen molar-refractivity contribution < 1.29 is 5.21 Å². The Morgan fingerprint density at radius 1 is 1.38 bits per heavy atom. The van der Waals surface area contributed by atoms with Crippen LogP contribution >= 0.6 is 0 Å². The maximum Gasteiger partial charge on any atom is 0.156 e. The maximum absolute atomic E-state index is 8.76. The average molecular weight is 292 g/mol. The van der Waals surface area contributed by atoms with E-state index < -0.39 is 0 Å². The van der Waals surface area contributed by atoms with Crippen molar-refractivity contribution in [2.75, 3.05) is 31.1 Å². The number of amidine groups is 1. The van der Waals surface area contributed by atoms with Crippen LogP contribution in [0.3, 0.4) is 0 Å². The molecule has 1 aromatic heterocycles. The summed E-state index contributed by atoms with van der Waals surface area (Å²) in [5.41, 5.74) is 6.75. The highest BCUT2D eigenvalue weighted by molar-refractivity contribution is 5.84.